The van der Waals surface area contributed by atoms with Gasteiger partial charge in [0.05, 0.1) is 0 Å². The summed E-state index contributed by atoms with van der Waals surface area (Å²) in [6, 6.07) is 0. The fourth-order valence-electron chi connectivity index (χ4n) is 0.729. The monoisotopic (exact) mass is 196 g/mol. The lowest BCUT2D eigenvalue weighted by Gasteiger charge is -2.02. The van der Waals surface area contributed by atoms with E-state index in [1.165, 1.54) is 5.57 Å². The van der Waals surface area contributed by atoms with Crippen molar-refractivity contribution in [1.29, 1.82) is 0 Å². The Morgan fingerprint density at radius 1 is 1.36 bits per heavy atom. The zero-order valence-electron chi connectivity index (χ0n) is 9.94. The van der Waals surface area contributed by atoms with Crippen LogP contribution in [0.25, 0.3) is 6.08 Å². The minimum atomic E-state index is 0.543. The molecule has 4 heteroatoms. The maximum Gasteiger partial charge on any atom is 0.174 e. The van der Waals surface area contributed by atoms with Gasteiger partial charge in [-0.3, -0.25) is 0 Å². The van der Waals surface area contributed by atoms with Crippen LogP contribution in [0, 0.1) is 5.92 Å². The van der Waals surface area contributed by atoms with Gasteiger partial charge in [0, 0.05) is 7.05 Å². The summed E-state index contributed by atoms with van der Waals surface area (Å²) in [5.74, 6) is 1.35. The molecule has 0 bridgehead atoms. The van der Waals surface area contributed by atoms with Crippen molar-refractivity contribution in [2.75, 3.05) is 0 Å². The molecular weight excluding hydrogens is 176 g/mol. The van der Waals surface area contributed by atoms with Gasteiger partial charge < -0.3 is 0 Å². The van der Waals surface area contributed by atoms with Crippen LogP contribution in [0.4, 0.5) is 0 Å². The lowest BCUT2D eigenvalue weighted by molar-refractivity contribution is 0.704. The average Bonchev–Trinajstić information content (AvgIpc) is 2.55. The van der Waals surface area contributed by atoms with E-state index in [1.807, 2.05) is 27.0 Å². The Labute approximate surface area is 86.0 Å². The molecule has 0 aliphatic heterocycles. The molecule has 1 rings (SSSR count). The fourth-order valence-corrected chi connectivity index (χ4v) is 0.729. The summed E-state index contributed by atoms with van der Waals surface area (Å²) >= 11 is 0. The summed E-state index contributed by atoms with van der Waals surface area (Å²) in [4.78, 5) is 0. The molecule has 0 N–H and O–H groups in total. The molecule has 0 aliphatic carbocycles. The Kier molecular flexibility index (Phi) is 5.76. The number of hydrogen-bond acceptors (Lipinski definition) is 3. The van der Waals surface area contributed by atoms with Crippen LogP contribution >= 0.6 is 0 Å². The van der Waals surface area contributed by atoms with Gasteiger partial charge in [-0.1, -0.05) is 33.3 Å². The number of tetrazole rings is 1. The summed E-state index contributed by atoms with van der Waals surface area (Å²) in [5, 5.41) is 11.2. The van der Waals surface area contributed by atoms with E-state index in [4.69, 9.17) is 0 Å². The molecule has 0 atom stereocenters. The first-order valence-electron chi connectivity index (χ1n) is 5.02. The largest absolute Gasteiger partial charge is 0.229 e. The molecule has 0 unspecified atom stereocenters. The Morgan fingerprint density at radius 3 is 2.29 bits per heavy atom. The second kappa shape index (κ2) is 6.29. The van der Waals surface area contributed by atoms with E-state index < -0.39 is 0 Å². The topological polar surface area (TPSA) is 43.6 Å². The SMILES string of the molecule is C/C(=C\c1nnnn1C)C(C)C.CC. The third kappa shape index (κ3) is 3.68. The molecule has 1 aromatic heterocycles. The Bertz CT molecular complexity index is 286. The summed E-state index contributed by atoms with van der Waals surface area (Å²) in [7, 11) is 1.83. The number of rotatable bonds is 2. The molecule has 0 radical (unpaired) electrons. The molecular formula is C10H20N4. The van der Waals surface area contributed by atoms with Gasteiger partial charge in [0.15, 0.2) is 5.82 Å². The van der Waals surface area contributed by atoms with Gasteiger partial charge in [-0.2, -0.15) is 0 Å². The van der Waals surface area contributed by atoms with Crippen molar-refractivity contribution in [2.45, 2.75) is 34.6 Å². The number of aryl methyl sites for hydroxylation is 1. The van der Waals surface area contributed by atoms with Crippen LogP contribution in [0.15, 0.2) is 5.57 Å². The highest BCUT2D eigenvalue weighted by atomic mass is 15.5. The first-order chi connectivity index (χ1) is 6.61. The Morgan fingerprint density at radius 2 is 1.93 bits per heavy atom. The molecule has 0 aromatic carbocycles. The fraction of sp³-hybridized carbons (Fsp3) is 0.700. The first kappa shape index (κ1) is 12.8. The van der Waals surface area contributed by atoms with Crippen LogP contribution in [-0.4, -0.2) is 20.2 Å². The normalized spacial score (nSPS) is 11.2. The third-order valence-electron chi connectivity index (χ3n) is 1.92. The molecule has 14 heavy (non-hydrogen) atoms. The van der Waals surface area contributed by atoms with Crippen molar-refractivity contribution in [1.82, 2.24) is 20.2 Å². The Balaban J connectivity index is 0.000000791. The minimum absolute atomic E-state index is 0.543. The van der Waals surface area contributed by atoms with E-state index in [1.54, 1.807) is 4.68 Å². The van der Waals surface area contributed by atoms with Gasteiger partial charge in [0.1, 0.15) is 0 Å². The van der Waals surface area contributed by atoms with Gasteiger partial charge >= 0.3 is 0 Å². The van der Waals surface area contributed by atoms with Gasteiger partial charge in [-0.25, -0.2) is 4.68 Å². The van der Waals surface area contributed by atoms with Crippen molar-refractivity contribution in [3.8, 4) is 0 Å². The lowest BCUT2D eigenvalue weighted by Crippen LogP contribution is -1.96. The molecule has 80 valence electrons. The number of hydrogen-bond donors (Lipinski definition) is 0. The maximum absolute atomic E-state index is 3.86. The van der Waals surface area contributed by atoms with Crippen molar-refractivity contribution in [2.24, 2.45) is 13.0 Å². The summed E-state index contributed by atoms with van der Waals surface area (Å²) < 4.78 is 1.66. The molecule has 0 amide bonds. The second-order valence-electron chi connectivity index (χ2n) is 3.20. The van der Waals surface area contributed by atoms with Crippen LogP contribution in [0.5, 0.6) is 0 Å². The maximum atomic E-state index is 3.86. The molecule has 0 saturated heterocycles. The van der Waals surface area contributed by atoms with E-state index in [9.17, 15) is 0 Å². The number of aromatic nitrogens is 4. The predicted molar refractivity (Wildman–Crippen MR) is 58.6 cm³/mol. The second-order valence-corrected chi connectivity index (χ2v) is 3.20. The smallest absolute Gasteiger partial charge is 0.174 e. The molecule has 0 fully saturated rings. The first-order valence-corrected chi connectivity index (χ1v) is 5.02. The van der Waals surface area contributed by atoms with Crippen molar-refractivity contribution >= 4 is 6.08 Å². The van der Waals surface area contributed by atoms with Gasteiger partial charge in [0.25, 0.3) is 0 Å². The molecule has 1 heterocycles. The number of allylic oxidation sites excluding steroid dienone is 1. The minimum Gasteiger partial charge on any atom is -0.229 e. The predicted octanol–water partition coefficient (Wildman–Crippen LogP) is 2.30. The van der Waals surface area contributed by atoms with Crippen molar-refractivity contribution in [3.05, 3.63) is 11.4 Å². The van der Waals surface area contributed by atoms with Gasteiger partial charge in [0.2, 0.25) is 0 Å². The van der Waals surface area contributed by atoms with E-state index in [0.29, 0.717) is 5.92 Å². The summed E-state index contributed by atoms with van der Waals surface area (Å²) in [6.45, 7) is 10.4. The molecule has 4 nitrogen and oxygen atoms in total. The van der Waals surface area contributed by atoms with Crippen LogP contribution in [0.1, 0.15) is 40.4 Å². The highest BCUT2D eigenvalue weighted by molar-refractivity contribution is 5.44. The zero-order valence-corrected chi connectivity index (χ0v) is 9.94. The van der Waals surface area contributed by atoms with E-state index >= 15 is 0 Å². The molecule has 1 aromatic rings. The average molecular weight is 196 g/mol. The quantitative estimate of drug-likeness (QED) is 0.729. The van der Waals surface area contributed by atoms with E-state index in [2.05, 4.69) is 36.3 Å². The van der Waals surface area contributed by atoms with Crippen LogP contribution < -0.4 is 0 Å². The van der Waals surface area contributed by atoms with Crippen LogP contribution in [0.3, 0.4) is 0 Å². The highest BCUT2D eigenvalue weighted by Gasteiger charge is 2.00. The third-order valence-corrected chi connectivity index (χ3v) is 1.92. The van der Waals surface area contributed by atoms with Crippen LogP contribution in [-0.2, 0) is 7.05 Å². The van der Waals surface area contributed by atoms with E-state index in [0.717, 1.165) is 5.82 Å². The van der Waals surface area contributed by atoms with Gasteiger partial charge in [-0.05, 0) is 29.3 Å². The lowest BCUT2D eigenvalue weighted by atomic mass is 10.1. The summed E-state index contributed by atoms with van der Waals surface area (Å²) in [6.07, 6.45) is 2.00. The van der Waals surface area contributed by atoms with Gasteiger partial charge in [-0.15, -0.1) is 5.10 Å². The zero-order chi connectivity index (χ0) is 11.1. The van der Waals surface area contributed by atoms with Crippen molar-refractivity contribution < 1.29 is 0 Å². The van der Waals surface area contributed by atoms with Crippen molar-refractivity contribution in [3.63, 3.8) is 0 Å². The molecule has 0 aliphatic rings. The molecule has 0 saturated carbocycles. The standard InChI is InChI=1S/C8H14N4.C2H6/c1-6(2)7(3)5-8-9-10-11-12(8)4;1-2/h5-6H,1-4H3;1-2H3/b7-5+;. The Hall–Kier alpha value is -1.19. The highest BCUT2D eigenvalue weighted by Crippen LogP contribution is 2.10. The van der Waals surface area contributed by atoms with Crippen LogP contribution in [0.2, 0.25) is 0 Å². The molecule has 0 spiro atoms. The van der Waals surface area contributed by atoms with E-state index in [-0.39, 0.29) is 0 Å². The number of nitrogens with zero attached hydrogens (tertiary/aromatic N) is 4. The summed E-state index contributed by atoms with van der Waals surface area (Å²) in [5.41, 5.74) is 1.29.